The number of hydrogen-bond donors (Lipinski definition) is 2. The Hall–Kier alpha value is -3.32. The number of imidazole rings is 1. The molecule has 30 heavy (non-hydrogen) atoms. The molecule has 0 saturated heterocycles. The lowest BCUT2D eigenvalue weighted by atomic mass is 9.92. The van der Waals surface area contributed by atoms with E-state index in [0.717, 1.165) is 42.5 Å². The van der Waals surface area contributed by atoms with Crippen molar-refractivity contribution in [2.45, 2.75) is 37.8 Å². The minimum Gasteiger partial charge on any atom is -0.351 e. The van der Waals surface area contributed by atoms with E-state index in [1.165, 1.54) is 6.20 Å². The lowest BCUT2D eigenvalue weighted by molar-refractivity contribution is 0.409. The topological polar surface area (TPSA) is 81.1 Å². The predicted octanol–water partition coefficient (Wildman–Crippen LogP) is 4.08. The van der Waals surface area contributed by atoms with Gasteiger partial charge in [0.15, 0.2) is 5.82 Å². The fourth-order valence-corrected chi connectivity index (χ4v) is 3.97. The molecular weight excluding hydrogens is 379 g/mol. The molecule has 4 aromatic rings. The Bertz CT molecular complexity index is 1170. The monoisotopic (exact) mass is 401 g/mol. The maximum Gasteiger partial charge on any atom is 0.223 e. The maximum absolute atomic E-state index is 14.7. The minimum atomic E-state index is -0.479. The molecule has 1 saturated carbocycles. The third-order valence-corrected chi connectivity index (χ3v) is 5.65. The number of nitrogens with two attached hydrogens (primary N) is 1. The lowest BCUT2D eigenvalue weighted by Gasteiger charge is -2.26. The molecule has 3 N–H and O–H groups in total. The van der Waals surface area contributed by atoms with Crippen LogP contribution in [0.1, 0.15) is 25.7 Å². The Labute approximate surface area is 174 Å². The van der Waals surface area contributed by atoms with Crippen molar-refractivity contribution in [2.75, 3.05) is 5.32 Å². The minimum absolute atomic E-state index is 0.228. The zero-order valence-corrected chi connectivity index (χ0v) is 16.4. The van der Waals surface area contributed by atoms with Crippen LogP contribution in [0.15, 0.2) is 55.0 Å². The number of aromatic nitrogens is 4. The number of nitrogens with zero attached hydrogens (tertiary/aromatic N) is 4. The number of hydrogen-bond acceptors (Lipinski definition) is 5. The second-order valence-corrected chi connectivity index (χ2v) is 7.72. The zero-order chi connectivity index (χ0) is 20.5. The third-order valence-electron chi connectivity index (χ3n) is 5.65. The van der Waals surface area contributed by atoms with Crippen molar-refractivity contribution in [2.24, 2.45) is 5.73 Å². The van der Waals surface area contributed by atoms with Gasteiger partial charge in [-0.15, -0.1) is 0 Å². The van der Waals surface area contributed by atoms with Crippen LogP contribution in [0.25, 0.3) is 28.2 Å². The van der Waals surface area contributed by atoms with Crippen LogP contribution in [-0.4, -0.2) is 31.4 Å². The molecule has 1 aliphatic carbocycles. The summed E-state index contributed by atoms with van der Waals surface area (Å²) in [6.45, 7) is 0. The maximum atomic E-state index is 14.7. The van der Waals surface area contributed by atoms with Gasteiger partial charge in [0.25, 0.3) is 0 Å². The van der Waals surface area contributed by atoms with Crippen molar-refractivity contribution in [1.82, 2.24) is 19.4 Å². The van der Waals surface area contributed by atoms with Crippen LogP contribution in [0, 0.1) is 11.9 Å². The van der Waals surface area contributed by atoms with E-state index in [2.05, 4.69) is 26.3 Å². The van der Waals surface area contributed by atoms with E-state index in [0.29, 0.717) is 11.6 Å². The van der Waals surface area contributed by atoms with Crippen molar-refractivity contribution in [3.05, 3.63) is 66.9 Å². The molecule has 151 valence electrons. The summed E-state index contributed by atoms with van der Waals surface area (Å²) in [7, 11) is 0. The number of fused-ring (bicyclic) bond motifs is 1. The summed E-state index contributed by atoms with van der Waals surface area (Å²) in [4.78, 5) is 13.1. The van der Waals surface area contributed by atoms with E-state index in [1.54, 1.807) is 6.20 Å². The molecule has 1 aliphatic rings. The molecule has 1 radical (unpaired) electrons. The van der Waals surface area contributed by atoms with Crippen LogP contribution in [0.3, 0.4) is 0 Å². The van der Waals surface area contributed by atoms with Gasteiger partial charge in [0.1, 0.15) is 11.3 Å². The summed E-state index contributed by atoms with van der Waals surface area (Å²) in [5.74, 6) is -0.0516. The van der Waals surface area contributed by atoms with Crippen LogP contribution >= 0.6 is 0 Å². The standard InChI is InChI=1S/C23H22FN6/c24-19-12-27-23(28-18-9-7-17(25)8-10-18)29-22(19)20-13-26-21-11-6-16(14-30(20)21)15-4-2-1-3-5-15/h2-6,11-14,17-18H,7-10,25H2,(H,27,28,29)/t17-,18-. The van der Waals surface area contributed by atoms with Gasteiger partial charge in [-0.3, -0.25) is 4.40 Å². The van der Waals surface area contributed by atoms with E-state index >= 15 is 0 Å². The smallest absolute Gasteiger partial charge is 0.223 e. The highest BCUT2D eigenvalue weighted by Gasteiger charge is 2.20. The van der Waals surface area contributed by atoms with Gasteiger partial charge >= 0.3 is 0 Å². The second-order valence-electron chi connectivity index (χ2n) is 7.72. The summed E-state index contributed by atoms with van der Waals surface area (Å²) in [6.07, 6.45) is 8.68. The number of rotatable bonds is 4. The lowest BCUT2D eigenvalue weighted by Crippen LogP contribution is -2.33. The molecule has 7 heteroatoms. The quantitative estimate of drug-likeness (QED) is 0.539. The Morgan fingerprint density at radius 1 is 1.00 bits per heavy atom. The van der Waals surface area contributed by atoms with Gasteiger partial charge < -0.3 is 11.1 Å². The first-order valence-corrected chi connectivity index (χ1v) is 10.2. The third kappa shape index (κ3) is 3.64. The van der Waals surface area contributed by atoms with Gasteiger partial charge in [0.2, 0.25) is 5.95 Å². The molecule has 1 aromatic carbocycles. The zero-order valence-electron chi connectivity index (χ0n) is 16.4. The molecule has 0 spiro atoms. The van der Waals surface area contributed by atoms with E-state index in [-0.39, 0.29) is 17.8 Å². The fourth-order valence-electron chi connectivity index (χ4n) is 3.97. The highest BCUT2D eigenvalue weighted by molar-refractivity contribution is 5.68. The van der Waals surface area contributed by atoms with E-state index in [9.17, 15) is 4.39 Å². The molecule has 6 nitrogen and oxygen atoms in total. The van der Waals surface area contributed by atoms with Crippen LogP contribution in [-0.2, 0) is 0 Å². The second kappa shape index (κ2) is 7.84. The van der Waals surface area contributed by atoms with Gasteiger partial charge in [0.05, 0.1) is 18.1 Å². The van der Waals surface area contributed by atoms with Crippen LogP contribution in [0.5, 0.6) is 0 Å². The van der Waals surface area contributed by atoms with Crippen molar-refractivity contribution in [1.29, 1.82) is 0 Å². The van der Waals surface area contributed by atoms with Gasteiger partial charge in [-0.25, -0.2) is 19.3 Å². The molecule has 0 bridgehead atoms. The van der Waals surface area contributed by atoms with Crippen molar-refractivity contribution in [3.63, 3.8) is 0 Å². The summed E-state index contributed by atoms with van der Waals surface area (Å²) < 4.78 is 16.6. The first-order valence-electron chi connectivity index (χ1n) is 10.2. The Balaban J connectivity index is 1.50. The summed E-state index contributed by atoms with van der Waals surface area (Å²) in [6, 6.07) is 15.2. The van der Waals surface area contributed by atoms with Gasteiger partial charge in [-0.1, -0.05) is 24.3 Å². The number of anilines is 1. The highest BCUT2D eigenvalue weighted by Crippen LogP contribution is 2.27. The highest BCUT2D eigenvalue weighted by atomic mass is 19.1. The van der Waals surface area contributed by atoms with Gasteiger partial charge in [-0.2, -0.15) is 0 Å². The van der Waals surface area contributed by atoms with E-state index < -0.39 is 5.82 Å². The Morgan fingerprint density at radius 2 is 1.80 bits per heavy atom. The van der Waals surface area contributed by atoms with Gasteiger partial charge in [-0.05, 0) is 55.0 Å². The number of benzene rings is 1. The van der Waals surface area contributed by atoms with E-state index in [1.807, 2.05) is 47.0 Å². The molecule has 0 aliphatic heterocycles. The Kier molecular flexibility index (Phi) is 4.88. The largest absolute Gasteiger partial charge is 0.351 e. The van der Waals surface area contributed by atoms with E-state index in [4.69, 9.17) is 5.73 Å². The number of pyridine rings is 1. The number of nitrogens with one attached hydrogen (secondary N) is 1. The summed E-state index contributed by atoms with van der Waals surface area (Å²) in [5.41, 5.74) is 9.58. The first kappa shape index (κ1) is 18.7. The van der Waals surface area contributed by atoms with Gasteiger partial charge in [0, 0.05) is 18.3 Å². The SMILES string of the molecule is N[C@H]1CC[C@H](Nc2ncc(F)c(-c3cnc4ccc(-c5cc[c]cc5)cn34)n2)CC1. The van der Waals surface area contributed by atoms with Crippen molar-refractivity contribution >= 4 is 11.6 Å². The summed E-state index contributed by atoms with van der Waals surface area (Å²) in [5, 5.41) is 3.34. The molecule has 1 fully saturated rings. The number of halogens is 1. The molecular formula is C23H22FN6. The van der Waals surface area contributed by atoms with Crippen molar-refractivity contribution < 1.29 is 4.39 Å². The average Bonchev–Trinajstić information content (AvgIpc) is 3.20. The molecule has 0 atom stereocenters. The normalized spacial score (nSPS) is 19.1. The Morgan fingerprint density at radius 3 is 2.60 bits per heavy atom. The first-order chi connectivity index (χ1) is 14.7. The molecule has 0 amide bonds. The fraction of sp³-hybridized carbons (Fsp3) is 0.261. The van der Waals surface area contributed by atoms with Crippen LogP contribution < -0.4 is 11.1 Å². The predicted molar refractivity (Wildman–Crippen MR) is 114 cm³/mol. The molecule has 5 rings (SSSR count). The summed E-state index contributed by atoms with van der Waals surface area (Å²) >= 11 is 0. The molecule has 3 heterocycles. The molecule has 0 unspecified atom stereocenters. The van der Waals surface area contributed by atoms with Crippen LogP contribution in [0.4, 0.5) is 10.3 Å². The average molecular weight is 401 g/mol. The van der Waals surface area contributed by atoms with Crippen LogP contribution in [0.2, 0.25) is 0 Å². The van der Waals surface area contributed by atoms with Crippen molar-refractivity contribution in [3.8, 4) is 22.5 Å². The molecule has 3 aromatic heterocycles.